The number of nitrogens with one attached hydrogen (secondary N) is 2. The molecule has 10 heteroatoms. The van der Waals surface area contributed by atoms with Crippen molar-refractivity contribution in [2.45, 2.75) is 13.0 Å². The average molecular weight is 471 g/mol. The van der Waals surface area contributed by atoms with Gasteiger partial charge in [0.1, 0.15) is 23.1 Å². The molecule has 4 aromatic rings. The van der Waals surface area contributed by atoms with Crippen LogP contribution in [0, 0.1) is 6.92 Å². The first kappa shape index (κ1) is 22.2. The summed E-state index contributed by atoms with van der Waals surface area (Å²) >= 11 is 0. The van der Waals surface area contributed by atoms with Crippen molar-refractivity contribution in [1.82, 2.24) is 19.7 Å². The summed E-state index contributed by atoms with van der Waals surface area (Å²) in [6.45, 7) is 6.73. The van der Waals surface area contributed by atoms with Crippen LogP contribution >= 0.6 is 0 Å². The summed E-state index contributed by atoms with van der Waals surface area (Å²) < 4.78 is 7.67. The van der Waals surface area contributed by atoms with E-state index in [0.717, 1.165) is 11.4 Å². The molecule has 4 N–H and O–H groups in total. The Morgan fingerprint density at radius 2 is 2.00 bits per heavy atom. The van der Waals surface area contributed by atoms with Crippen LogP contribution < -0.4 is 21.3 Å². The normalized spacial score (nSPS) is 15.3. The van der Waals surface area contributed by atoms with Gasteiger partial charge in [-0.1, -0.05) is 30.3 Å². The first-order valence-corrected chi connectivity index (χ1v) is 11.2. The minimum absolute atomic E-state index is 0.130. The quantitative estimate of drug-likeness (QED) is 0.311. The molecule has 0 radical (unpaired) electrons. The van der Waals surface area contributed by atoms with Gasteiger partial charge >= 0.3 is 0 Å². The number of fused-ring (bicyclic) bond motifs is 2. The zero-order valence-electron chi connectivity index (χ0n) is 19.5. The number of rotatable bonds is 4. The van der Waals surface area contributed by atoms with Crippen molar-refractivity contribution in [2.75, 3.05) is 31.2 Å². The summed E-state index contributed by atoms with van der Waals surface area (Å²) in [6, 6.07) is 17.1. The summed E-state index contributed by atoms with van der Waals surface area (Å²) in [5, 5.41) is 10.6. The SMILES string of the molecule is C=NC(=Nc1c(C)c2[nH]nc(N)c2c(=O)n1-c1ccccc1)N(C)CC1CNc2ccccc2O1. The van der Waals surface area contributed by atoms with Gasteiger partial charge < -0.3 is 20.7 Å². The highest BCUT2D eigenvalue weighted by molar-refractivity contribution is 5.94. The number of anilines is 2. The number of nitrogens with zero attached hydrogens (tertiary/aromatic N) is 5. The van der Waals surface area contributed by atoms with Crippen molar-refractivity contribution >= 4 is 40.9 Å². The Bertz CT molecular complexity index is 1490. The number of ether oxygens (including phenoxy) is 1. The Hall–Kier alpha value is -4.60. The van der Waals surface area contributed by atoms with Crippen LogP contribution in [0.25, 0.3) is 16.6 Å². The van der Waals surface area contributed by atoms with Crippen molar-refractivity contribution < 1.29 is 4.74 Å². The number of benzene rings is 2. The average Bonchev–Trinajstić information content (AvgIpc) is 3.27. The lowest BCUT2D eigenvalue weighted by Crippen LogP contribution is -2.42. The summed E-state index contributed by atoms with van der Waals surface area (Å²) in [4.78, 5) is 24.3. The van der Waals surface area contributed by atoms with Crippen LogP contribution in [-0.2, 0) is 0 Å². The fourth-order valence-electron chi connectivity index (χ4n) is 4.27. The molecule has 3 heterocycles. The number of pyridine rings is 1. The van der Waals surface area contributed by atoms with E-state index in [4.69, 9.17) is 15.5 Å². The van der Waals surface area contributed by atoms with Crippen molar-refractivity contribution in [2.24, 2.45) is 9.98 Å². The largest absolute Gasteiger partial charge is 0.485 e. The lowest BCUT2D eigenvalue weighted by atomic mass is 10.2. The molecule has 1 aliphatic heterocycles. The van der Waals surface area contributed by atoms with Crippen LogP contribution in [0.2, 0.25) is 0 Å². The number of para-hydroxylation sites is 3. The van der Waals surface area contributed by atoms with Gasteiger partial charge in [0.05, 0.1) is 30.0 Å². The third-order valence-electron chi connectivity index (χ3n) is 6.01. The van der Waals surface area contributed by atoms with Gasteiger partial charge in [-0.15, -0.1) is 0 Å². The van der Waals surface area contributed by atoms with E-state index in [2.05, 4.69) is 27.2 Å². The molecule has 2 aromatic carbocycles. The number of aliphatic imine (C=N–C) groups is 2. The summed E-state index contributed by atoms with van der Waals surface area (Å²) in [5.41, 5.74) is 8.58. The molecule has 0 aliphatic carbocycles. The maximum Gasteiger partial charge on any atom is 0.270 e. The molecular formula is C25H26N8O2. The molecular weight excluding hydrogens is 444 g/mol. The first-order chi connectivity index (χ1) is 17.0. The standard InChI is InChI=1S/C25H26N8O2/c1-15-21-20(22(26)31-30-21)24(34)33(16-9-5-4-6-10-16)23(15)29-25(27-2)32(3)14-17-13-28-18-11-7-8-12-19(18)35-17/h4-12,17,28H,2,13-14H2,1,3H3,(H3,26,30,31). The fraction of sp³-hybridized carbons (Fsp3) is 0.200. The highest BCUT2D eigenvalue weighted by Gasteiger charge is 2.23. The molecule has 178 valence electrons. The van der Waals surface area contributed by atoms with E-state index in [1.165, 1.54) is 4.57 Å². The van der Waals surface area contributed by atoms with Gasteiger partial charge in [-0.25, -0.2) is 4.99 Å². The third-order valence-corrected chi connectivity index (χ3v) is 6.01. The number of aromatic nitrogens is 3. The Labute approximate surface area is 201 Å². The van der Waals surface area contributed by atoms with E-state index in [0.29, 0.717) is 47.0 Å². The number of guanidine groups is 1. The van der Waals surface area contributed by atoms with Gasteiger partial charge in [0.15, 0.2) is 5.82 Å². The number of aryl methyl sites for hydroxylation is 1. The molecule has 2 aromatic heterocycles. The van der Waals surface area contributed by atoms with Crippen LogP contribution in [0.3, 0.4) is 0 Å². The summed E-state index contributed by atoms with van der Waals surface area (Å²) in [6.07, 6.45) is -0.130. The van der Waals surface area contributed by atoms with Gasteiger partial charge in [0.2, 0.25) is 5.96 Å². The van der Waals surface area contributed by atoms with Crippen LogP contribution in [-0.4, -0.2) is 58.6 Å². The van der Waals surface area contributed by atoms with Gasteiger partial charge in [-0.3, -0.25) is 14.5 Å². The lowest BCUT2D eigenvalue weighted by molar-refractivity contribution is 0.178. The van der Waals surface area contributed by atoms with Crippen molar-refractivity contribution in [3.8, 4) is 11.4 Å². The predicted molar refractivity (Wildman–Crippen MR) is 139 cm³/mol. The molecule has 35 heavy (non-hydrogen) atoms. The first-order valence-electron chi connectivity index (χ1n) is 11.2. The van der Waals surface area contributed by atoms with E-state index in [-0.39, 0.29) is 17.5 Å². The Morgan fingerprint density at radius 1 is 1.26 bits per heavy atom. The number of aromatic amines is 1. The fourth-order valence-corrected chi connectivity index (χ4v) is 4.27. The highest BCUT2D eigenvalue weighted by Crippen LogP contribution is 2.30. The van der Waals surface area contributed by atoms with Crippen LogP contribution in [0.4, 0.5) is 17.3 Å². The summed E-state index contributed by atoms with van der Waals surface area (Å²) in [5.74, 6) is 1.72. The van der Waals surface area contributed by atoms with E-state index < -0.39 is 0 Å². The summed E-state index contributed by atoms with van der Waals surface area (Å²) in [7, 11) is 1.87. The molecule has 0 amide bonds. The number of likely N-dealkylation sites (N-methyl/N-ethyl adjacent to an activating group) is 1. The second-order valence-corrected chi connectivity index (χ2v) is 8.35. The molecule has 0 bridgehead atoms. The minimum atomic E-state index is -0.315. The smallest absolute Gasteiger partial charge is 0.270 e. The van der Waals surface area contributed by atoms with Crippen molar-refractivity contribution in [1.29, 1.82) is 0 Å². The number of nitrogens with two attached hydrogens (primary N) is 1. The van der Waals surface area contributed by atoms with E-state index >= 15 is 0 Å². The molecule has 0 fully saturated rings. The Kier molecular flexibility index (Phi) is 5.69. The third kappa shape index (κ3) is 3.99. The molecule has 10 nitrogen and oxygen atoms in total. The maximum atomic E-state index is 13.5. The Morgan fingerprint density at radius 3 is 2.77 bits per heavy atom. The van der Waals surface area contributed by atoms with Crippen LogP contribution in [0.1, 0.15) is 5.56 Å². The molecule has 0 spiro atoms. The second kappa shape index (κ2) is 8.98. The second-order valence-electron chi connectivity index (χ2n) is 8.35. The van der Waals surface area contributed by atoms with E-state index in [1.807, 2.05) is 73.5 Å². The van der Waals surface area contributed by atoms with Crippen molar-refractivity contribution in [3.63, 3.8) is 0 Å². The Balaban J connectivity index is 1.55. The number of hydrogen-bond acceptors (Lipinski definition) is 6. The lowest BCUT2D eigenvalue weighted by Gasteiger charge is -2.30. The van der Waals surface area contributed by atoms with Crippen molar-refractivity contribution in [3.05, 3.63) is 70.5 Å². The highest BCUT2D eigenvalue weighted by atomic mass is 16.5. The van der Waals surface area contributed by atoms with Gasteiger partial charge in [-0.2, -0.15) is 10.1 Å². The number of H-pyrrole nitrogens is 1. The number of nitrogen functional groups attached to an aromatic ring is 1. The molecule has 1 aliphatic rings. The monoisotopic (exact) mass is 470 g/mol. The molecule has 0 saturated carbocycles. The van der Waals surface area contributed by atoms with Gasteiger partial charge in [0, 0.05) is 12.6 Å². The van der Waals surface area contributed by atoms with Crippen LogP contribution in [0.5, 0.6) is 5.75 Å². The predicted octanol–water partition coefficient (Wildman–Crippen LogP) is 3.10. The van der Waals surface area contributed by atoms with Crippen LogP contribution in [0.15, 0.2) is 69.4 Å². The van der Waals surface area contributed by atoms with Gasteiger partial charge in [0.25, 0.3) is 5.56 Å². The topological polar surface area (TPSA) is 126 Å². The molecule has 0 saturated heterocycles. The minimum Gasteiger partial charge on any atom is -0.485 e. The molecule has 1 atom stereocenters. The maximum absolute atomic E-state index is 13.5. The molecule has 1 unspecified atom stereocenters. The zero-order valence-corrected chi connectivity index (χ0v) is 19.5. The van der Waals surface area contributed by atoms with E-state index in [1.54, 1.807) is 0 Å². The zero-order chi connectivity index (χ0) is 24.5. The number of hydrogen-bond donors (Lipinski definition) is 3. The van der Waals surface area contributed by atoms with Gasteiger partial charge in [-0.05, 0) is 37.9 Å². The molecule has 5 rings (SSSR count). The van der Waals surface area contributed by atoms with E-state index in [9.17, 15) is 4.79 Å².